The molecule has 0 saturated heterocycles. The summed E-state index contributed by atoms with van der Waals surface area (Å²) in [6.07, 6.45) is 3.06. The summed E-state index contributed by atoms with van der Waals surface area (Å²) >= 11 is 5.95. The number of rotatable bonds is 3. The number of nitrogens with zero attached hydrogens (tertiary/aromatic N) is 1. The molecule has 0 spiro atoms. The zero-order valence-electron chi connectivity index (χ0n) is 9.40. The topological polar surface area (TPSA) is 25.2 Å². The van der Waals surface area contributed by atoms with Gasteiger partial charge in [-0.25, -0.2) is 4.39 Å². The van der Waals surface area contributed by atoms with Crippen molar-refractivity contribution in [1.29, 1.82) is 0 Å². The number of benzene rings is 1. The molecule has 0 bridgehead atoms. The normalized spacial score (nSPS) is 12.7. The number of aliphatic hydroxyl groups excluding tert-OH is 1. The minimum absolute atomic E-state index is 0.315. The predicted molar refractivity (Wildman–Crippen MR) is 65.6 cm³/mol. The average Bonchev–Trinajstić information content (AvgIpc) is 2.72. The first-order chi connectivity index (χ1) is 8.08. The third-order valence-corrected chi connectivity index (χ3v) is 3.01. The van der Waals surface area contributed by atoms with E-state index in [1.54, 1.807) is 42.1 Å². The van der Waals surface area contributed by atoms with Crippen LogP contribution in [0.3, 0.4) is 0 Å². The van der Waals surface area contributed by atoms with Gasteiger partial charge in [0.05, 0.1) is 12.6 Å². The van der Waals surface area contributed by atoms with Crippen LogP contribution in [0.15, 0.2) is 36.7 Å². The summed E-state index contributed by atoms with van der Waals surface area (Å²) in [6.45, 7) is 2.05. The number of aromatic nitrogens is 1. The van der Waals surface area contributed by atoms with Gasteiger partial charge < -0.3 is 9.67 Å². The molecule has 2 nitrogen and oxygen atoms in total. The quantitative estimate of drug-likeness (QED) is 0.891. The van der Waals surface area contributed by atoms with Crippen molar-refractivity contribution in [2.75, 3.05) is 0 Å². The van der Waals surface area contributed by atoms with Crippen molar-refractivity contribution in [1.82, 2.24) is 4.57 Å². The molecule has 0 aliphatic heterocycles. The molecule has 0 aliphatic carbocycles. The molecule has 1 aromatic heterocycles. The zero-order chi connectivity index (χ0) is 12.4. The number of hydrogen-bond acceptors (Lipinski definition) is 1. The van der Waals surface area contributed by atoms with Gasteiger partial charge in [0.1, 0.15) is 5.82 Å². The van der Waals surface area contributed by atoms with Gasteiger partial charge in [-0.15, -0.1) is 0 Å². The van der Waals surface area contributed by atoms with E-state index in [0.717, 1.165) is 5.56 Å². The summed E-state index contributed by atoms with van der Waals surface area (Å²) < 4.78 is 15.4. The highest BCUT2D eigenvalue weighted by Gasteiger charge is 2.08. The first-order valence-corrected chi connectivity index (χ1v) is 5.72. The maximum Gasteiger partial charge on any atom is 0.129 e. The van der Waals surface area contributed by atoms with Gasteiger partial charge in [-0.1, -0.05) is 17.7 Å². The van der Waals surface area contributed by atoms with Crippen LogP contribution in [0.1, 0.15) is 24.2 Å². The maximum absolute atomic E-state index is 13.6. The molecule has 1 unspecified atom stereocenters. The molecule has 1 aromatic carbocycles. The van der Waals surface area contributed by atoms with E-state index in [2.05, 4.69) is 0 Å². The number of aliphatic hydroxyl groups is 1. The molecular formula is C13H13ClFNO. The molecule has 1 heterocycles. The summed E-state index contributed by atoms with van der Waals surface area (Å²) in [7, 11) is 0. The maximum atomic E-state index is 13.6. The van der Waals surface area contributed by atoms with E-state index in [1.165, 1.54) is 6.07 Å². The third-order valence-electron chi connectivity index (χ3n) is 2.66. The van der Waals surface area contributed by atoms with Gasteiger partial charge in [-0.2, -0.15) is 0 Å². The Morgan fingerprint density at radius 1 is 1.41 bits per heavy atom. The van der Waals surface area contributed by atoms with E-state index in [0.29, 0.717) is 17.1 Å². The molecule has 1 N–H and O–H groups in total. The lowest BCUT2D eigenvalue weighted by atomic mass is 10.2. The lowest BCUT2D eigenvalue weighted by Gasteiger charge is -2.07. The molecule has 90 valence electrons. The first kappa shape index (κ1) is 12.1. The van der Waals surface area contributed by atoms with Crippen LogP contribution in [0, 0.1) is 5.82 Å². The molecule has 0 fully saturated rings. The zero-order valence-corrected chi connectivity index (χ0v) is 10.2. The Balaban J connectivity index is 2.25. The minimum Gasteiger partial charge on any atom is -0.389 e. The molecule has 4 heteroatoms. The minimum atomic E-state index is -0.521. The first-order valence-electron chi connectivity index (χ1n) is 5.34. The third kappa shape index (κ3) is 2.68. The van der Waals surface area contributed by atoms with E-state index >= 15 is 0 Å². The van der Waals surface area contributed by atoms with Crippen molar-refractivity contribution in [3.8, 4) is 0 Å². The Bertz CT molecular complexity index is 502. The molecule has 1 atom stereocenters. The van der Waals surface area contributed by atoms with Gasteiger partial charge in [0.25, 0.3) is 0 Å². The summed E-state index contributed by atoms with van der Waals surface area (Å²) in [5, 5.41) is 9.81. The van der Waals surface area contributed by atoms with Crippen LogP contribution in [-0.2, 0) is 6.54 Å². The average molecular weight is 254 g/mol. The van der Waals surface area contributed by atoms with Crippen molar-refractivity contribution in [3.63, 3.8) is 0 Å². The highest BCUT2D eigenvalue weighted by molar-refractivity contribution is 6.31. The van der Waals surface area contributed by atoms with Crippen molar-refractivity contribution < 1.29 is 9.50 Å². The SMILES string of the molecule is CC(O)c1ccn(Cc2c(F)cccc2Cl)c1. The van der Waals surface area contributed by atoms with E-state index in [-0.39, 0.29) is 5.82 Å². The molecule has 17 heavy (non-hydrogen) atoms. The van der Waals surface area contributed by atoms with Crippen LogP contribution in [0.25, 0.3) is 0 Å². The molecule has 0 aliphatic rings. The standard InChI is InChI=1S/C13H13ClFNO/c1-9(17)10-5-6-16(7-10)8-11-12(14)3-2-4-13(11)15/h2-7,9,17H,8H2,1H3. The second-order valence-electron chi connectivity index (χ2n) is 3.99. The Morgan fingerprint density at radius 2 is 2.18 bits per heavy atom. The lowest BCUT2D eigenvalue weighted by Crippen LogP contribution is -2.00. The van der Waals surface area contributed by atoms with Gasteiger partial charge in [-0.3, -0.25) is 0 Å². The Kier molecular flexibility index (Phi) is 3.50. The lowest BCUT2D eigenvalue weighted by molar-refractivity contribution is 0.199. The summed E-state index contributed by atoms with van der Waals surface area (Å²) in [5.41, 5.74) is 1.26. The molecule has 0 amide bonds. The summed E-state index contributed by atoms with van der Waals surface area (Å²) in [4.78, 5) is 0. The Labute approximate surface area is 104 Å². The van der Waals surface area contributed by atoms with Gasteiger partial charge in [0, 0.05) is 23.0 Å². The van der Waals surface area contributed by atoms with Crippen LogP contribution in [0.2, 0.25) is 5.02 Å². The fourth-order valence-electron chi connectivity index (χ4n) is 1.67. The van der Waals surface area contributed by atoms with E-state index in [9.17, 15) is 9.50 Å². The van der Waals surface area contributed by atoms with Crippen LogP contribution >= 0.6 is 11.6 Å². The van der Waals surface area contributed by atoms with Crippen LogP contribution in [-0.4, -0.2) is 9.67 Å². The largest absolute Gasteiger partial charge is 0.389 e. The molecule has 2 aromatic rings. The monoisotopic (exact) mass is 253 g/mol. The second-order valence-corrected chi connectivity index (χ2v) is 4.40. The molecular weight excluding hydrogens is 241 g/mol. The van der Waals surface area contributed by atoms with Crippen molar-refractivity contribution >= 4 is 11.6 Å². The fraction of sp³-hybridized carbons (Fsp3) is 0.231. The highest BCUT2D eigenvalue weighted by atomic mass is 35.5. The molecule has 0 saturated carbocycles. The summed E-state index contributed by atoms with van der Waals surface area (Å²) in [6, 6.07) is 6.44. The van der Waals surface area contributed by atoms with Crippen molar-refractivity contribution in [3.05, 3.63) is 58.6 Å². The smallest absolute Gasteiger partial charge is 0.129 e. The van der Waals surface area contributed by atoms with Gasteiger partial charge in [0.15, 0.2) is 0 Å². The van der Waals surface area contributed by atoms with E-state index in [4.69, 9.17) is 11.6 Å². The molecule has 0 radical (unpaired) electrons. The predicted octanol–water partition coefficient (Wildman–Crippen LogP) is 3.38. The fourth-order valence-corrected chi connectivity index (χ4v) is 1.89. The van der Waals surface area contributed by atoms with Gasteiger partial charge >= 0.3 is 0 Å². The Morgan fingerprint density at radius 3 is 2.76 bits per heavy atom. The number of halogens is 2. The number of hydrogen-bond donors (Lipinski definition) is 1. The second kappa shape index (κ2) is 4.90. The van der Waals surface area contributed by atoms with Crippen LogP contribution < -0.4 is 0 Å². The van der Waals surface area contributed by atoms with Gasteiger partial charge in [0.2, 0.25) is 0 Å². The summed E-state index contributed by atoms with van der Waals surface area (Å²) in [5.74, 6) is -0.315. The Hall–Kier alpha value is -1.32. The van der Waals surface area contributed by atoms with Crippen LogP contribution in [0.4, 0.5) is 4.39 Å². The highest BCUT2D eigenvalue weighted by Crippen LogP contribution is 2.21. The van der Waals surface area contributed by atoms with Crippen LogP contribution in [0.5, 0.6) is 0 Å². The van der Waals surface area contributed by atoms with Crippen molar-refractivity contribution in [2.24, 2.45) is 0 Å². The van der Waals surface area contributed by atoms with Crippen molar-refractivity contribution in [2.45, 2.75) is 19.6 Å². The van der Waals surface area contributed by atoms with E-state index < -0.39 is 6.10 Å². The molecule has 2 rings (SSSR count). The van der Waals surface area contributed by atoms with Gasteiger partial charge in [-0.05, 0) is 30.7 Å². The van der Waals surface area contributed by atoms with E-state index in [1.807, 2.05) is 0 Å².